The Labute approximate surface area is 148 Å². The zero-order valence-corrected chi connectivity index (χ0v) is 14.8. The molecule has 0 aromatic heterocycles. The fraction of sp³-hybridized carbons (Fsp3) is 0.316. The molecule has 0 aliphatic heterocycles. The van der Waals surface area contributed by atoms with Gasteiger partial charge in [-0.3, -0.25) is 4.79 Å². The zero-order valence-electron chi connectivity index (χ0n) is 14.0. The van der Waals surface area contributed by atoms with Crippen LogP contribution in [0.25, 0.3) is 0 Å². The number of carbonyl (C=O) groups is 1. The number of benzene rings is 2. The van der Waals surface area contributed by atoms with Crippen molar-refractivity contribution in [2.45, 2.75) is 26.1 Å². The fourth-order valence-electron chi connectivity index (χ4n) is 2.37. The second kappa shape index (κ2) is 9.42. The Morgan fingerprint density at radius 3 is 2.58 bits per heavy atom. The molecule has 0 spiro atoms. The molecule has 0 radical (unpaired) electrons. The highest BCUT2D eigenvalue weighted by molar-refractivity contribution is 6.30. The molecule has 2 aromatic rings. The Morgan fingerprint density at radius 1 is 1.17 bits per heavy atom. The van der Waals surface area contributed by atoms with Crippen molar-refractivity contribution in [1.82, 2.24) is 10.6 Å². The van der Waals surface area contributed by atoms with E-state index in [0.717, 1.165) is 16.7 Å². The van der Waals surface area contributed by atoms with Crippen LogP contribution < -0.4 is 10.6 Å². The van der Waals surface area contributed by atoms with Crippen molar-refractivity contribution in [1.29, 1.82) is 0 Å². The normalized spacial score (nSPS) is 12.0. The molecule has 0 bridgehead atoms. The van der Waals surface area contributed by atoms with Crippen LogP contribution in [0.3, 0.4) is 0 Å². The number of amides is 1. The number of hydrogen-bond acceptors (Lipinski definition) is 3. The lowest BCUT2D eigenvalue weighted by Crippen LogP contribution is -2.34. The van der Waals surface area contributed by atoms with Gasteiger partial charge < -0.3 is 15.4 Å². The molecule has 1 unspecified atom stereocenters. The van der Waals surface area contributed by atoms with Gasteiger partial charge in [-0.25, -0.2) is 0 Å². The molecule has 0 aliphatic rings. The highest BCUT2D eigenvalue weighted by Crippen LogP contribution is 2.15. The summed E-state index contributed by atoms with van der Waals surface area (Å²) in [6.45, 7) is 3.36. The number of nitrogens with one attached hydrogen (secondary N) is 2. The molecule has 2 aromatic carbocycles. The molecule has 0 heterocycles. The van der Waals surface area contributed by atoms with E-state index in [1.807, 2.05) is 55.5 Å². The Kier molecular flexibility index (Phi) is 7.25. The summed E-state index contributed by atoms with van der Waals surface area (Å²) in [5.74, 6) is -0.0343. The standard InChI is InChI=1S/C19H23ClN2O2/c1-14(17-6-8-18(20)9-7-17)21-12-19(23)22-11-15-4-3-5-16(10-15)13-24-2/h3-10,14,21H,11-13H2,1-2H3,(H,22,23). The van der Waals surface area contributed by atoms with Crippen molar-refractivity contribution < 1.29 is 9.53 Å². The van der Waals surface area contributed by atoms with Crippen LogP contribution in [0.4, 0.5) is 0 Å². The summed E-state index contributed by atoms with van der Waals surface area (Å²) >= 11 is 5.88. The summed E-state index contributed by atoms with van der Waals surface area (Å²) in [6.07, 6.45) is 0. The van der Waals surface area contributed by atoms with E-state index < -0.39 is 0 Å². The van der Waals surface area contributed by atoms with E-state index in [4.69, 9.17) is 16.3 Å². The monoisotopic (exact) mass is 346 g/mol. The summed E-state index contributed by atoms with van der Waals surface area (Å²) in [4.78, 5) is 12.0. The van der Waals surface area contributed by atoms with Crippen LogP contribution in [-0.4, -0.2) is 19.6 Å². The van der Waals surface area contributed by atoms with Crippen LogP contribution in [0.5, 0.6) is 0 Å². The van der Waals surface area contributed by atoms with E-state index in [9.17, 15) is 4.79 Å². The van der Waals surface area contributed by atoms with E-state index in [-0.39, 0.29) is 18.5 Å². The van der Waals surface area contributed by atoms with Gasteiger partial charge in [-0.05, 0) is 35.7 Å². The second-order valence-electron chi connectivity index (χ2n) is 5.68. The minimum absolute atomic E-state index is 0.0343. The molecule has 24 heavy (non-hydrogen) atoms. The summed E-state index contributed by atoms with van der Waals surface area (Å²) in [5, 5.41) is 6.84. The Hall–Kier alpha value is -1.88. The van der Waals surface area contributed by atoms with Crippen molar-refractivity contribution in [2.75, 3.05) is 13.7 Å². The lowest BCUT2D eigenvalue weighted by Gasteiger charge is -2.14. The summed E-state index contributed by atoms with van der Waals surface area (Å²) in [6, 6.07) is 15.7. The van der Waals surface area contributed by atoms with Gasteiger partial charge in [-0.2, -0.15) is 0 Å². The van der Waals surface area contributed by atoms with Crippen LogP contribution in [-0.2, 0) is 22.7 Å². The van der Waals surface area contributed by atoms with E-state index in [1.54, 1.807) is 7.11 Å². The van der Waals surface area contributed by atoms with Gasteiger partial charge in [0.15, 0.2) is 0 Å². The fourth-order valence-corrected chi connectivity index (χ4v) is 2.50. The van der Waals surface area contributed by atoms with Gasteiger partial charge in [0.05, 0.1) is 13.2 Å². The molecular formula is C19H23ClN2O2. The average Bonchev–Trinajstić information content (AvgIpc) is 2.59. The van der Waals surface area contributed by atoms with Crippen LogP contribution in [0, 0.1) is 0 Å². The van der Waals surface area contributed by atoms with Gasteiger partial charge in [-0.15, -0.1) is 0 Å². The van der Waals surface area contributed by atoms with E-state index in [1.165, 1.54) is 0 Å². The molecule has 2 rings (SSSR count). The van der Waals surface area contributed by atoms with Crippen molar-refractivity contribution in [3.8, 4) is 0 Å². The summed E-state index contributed by atoms with van der Waals surface area (Å²) < 4.78 is 5.12. The van der Waals surface area contributed by atoms with Crippen molar-refractivity contribution >= 4 is 17.5 Å². The first kappa shape index (κ1) is 18.5. The Bertz CT molecular complexity index is 659. The highest BCUT2D eigenvalue weighted by atomic mass is 35.5. The first-order valence-electron chi connectivity index (χ1n) is 7.91. The molecule has 5 heteroatoms. The van der Waals surface area contributed by atoms with Crippen molar-refractivity contribution in [3.63, 3.8) is 0 Å². The minimum Gasteiger partial charge on any atom is -0.380 e. The van der Waals surface area contributed by atoms with E-state index >= 15 is 0 Å². The molecule has 1 atom stereocenters. The third-order valence-electron chi connectivity index (χ3n) is 3.73. The van der Waals surface area contributed by atoms with E-state index in [0.29, 0.717) is 18.2 Å². The number of halogens is 1. The molecule has 2 N–H and O–H groups in total. The molecule has 128 valence electrons. The van der Waals surface area contributed by atoms with Gasteiger partial charge in [-0.1, -0.05) is 48.0 Å². The van der Waals surface area contributed by atoms with Gasteiger partial charge in [0, 0.05) is 24.7 Å². The van der Waals surface area contributed by atoms with Crippen LogP contribution in [0.15, 0.2) is 48.5 Å². The SMILES string of the molecule is COCc1cccc(CNC(=O)CNC(C)c2ccc(Cl)cc2)c1. The first-order chi connectivity index (χ1) is 11.6. The molecular weight excluding hydrogens is 324 g/mol. The van der Waals surface area contributed by atoms with Gasteiger partial charge in [0.2, 0.25) is 5.91 Å². The Balaban J connectivity index is 1.77. The topological polar surface area (TPSA) is 50.4 Å². The average molecular weight is 347 g/mol. The third kappa shape index (κ3) is 5.96. The van der Waals surface area contributed by atoms with Gasteiger partial charge in [0.25, 0.3) is 0 Å². The van der Waals surface area contributed by atoms with Crippen LogP contribution in [0.1, 0.15) is 29.7 Å². The lowest BCUT2D eigenvalue weighted by molar-refractivity contribution is -0.120. The minimum atomic E-state index is -0.0343. The van der Waals surface area contributed by atoms with Crippen molar-refractivity contribution in [3.05, 3.63) is 70.2 Å². The van der Waals surface area contributed by atoms with Crippen molar-refractivity contribution in [2.24, 2.45) is 0 Å². The van der Waals surface area contributed by atoms with Crippen LogP contribution in [0.2, 0.25) is 5.02 Å². The molecule has 4 nitrogen and oxygen atoms in total. The molecule has 0 saturated carbocycles. The largest absolute Gasteiger partial charge is 0.380 e. The lowest BCUT2D eigenvalue weighted by atomic mass is 10.1. The quantitative estimate of drug-likeness (QED) is 0.769. The maximum Gasteiger partial charge on any atom is 0.234 e. The number of rotatable bonds is 8. The van der Waals surface area contributed by atoms with Gasteiger partial charge >= 0.3 is 0 Å². The smallest absolute Gasteiger partial charge is 0.234 e. The number of carbonyl (C=O) groups excluding carboxylic acids is 1. The molecule has 0 saturated heterocycles. The predicted octanol–water partition coefficient (Wildman–Crippen LogP) is 3.45. The Morgan fingerprint density at radius 2 is 1.88 bits per heavy atom. The zero-order chi connectivity index (χ0) is 17.4. The number of methoxy groups -OCH3 is 1. The third-order valence-corrected chi connectivity index (χ3v) is 3.98. The first-order valence-corrected chi connectivity index (χ1v) is 8.28. The van der Waals surface area contributed by atoms with Crippen LogP contribution >= 0.6 is 11.6 Å². The maximum absolute atomic E-state index is 12.0. The second-order valence-corrected chi connectivity index (χ2v) is 6.12. The number of hydrogen-bond donors (Lipinski definition) is 2. The highest BCUT2D eigenvalue weighted by Gasteiger charge is 2.07. The maximum atomic E-state index is 12.0. The molecule has 0 aliphatic carbocycles. The summed E-state index contributed by atoms with van der Waals surface area (Å²) in [5.41, 5.74) is 3.25. The molecule has 1 amide bonds. The van der Waals surface area contributed by atoms with E-state index in [2.05, 4.69) is 10.6 Å². The number of ether oxygens (including phenoxy) is 1. The summed E-state index contributed by atoms with van der Waals surface area (Å²) in [7, 11) is 1.67. The van der Waals surface area contributed by atoms with Gasteiger partial charge in [0.1, 0.15) is 0 Å². The predicted molar refractivity (Wildman–Crippen MR) is 96.9 cm³/mol. The molecule has 0 fully saturated rings.